The maximum atomic E-state index is 9.74. The van der Waals surface area contributed by atoms with Gasteiger partial charge < -0.3 is 10.3 Å². The lowest BCUT2D eigenvalue weighted by Crippen LogP contribution is -2.04. The number of phenolic OH excluding ortho intramolecular Hbond substituents is 1. The van der Waals surface area contributed by atoms with Crippen molar-refractivity contribution in [3.63, 3.8) is 0 Å². The van der Waals surface area contributed by atoms with E-state index in [1.54, 1.807) is 13.0 Å². The van der Waals surface area contributed by atoms with Gasteiger partial charge in [0.1, 0.15) is 5.75 Å². The first-order chi connectivity index (χ1) is 9.33. The standard InChI is InChI=1S/C17H27NO2/c1-13(18-20)15-12-14(9-10-16(15)19)8-6-5-7-11-17(2,3)4/h9-10,12,19-20H,5-8,11H2,1-4H3. The molecule has 0 radical (unpaired) electrons. The third-order valence-corrected chi connectivity index (χ3v) is 3.49. The van der Waals surface area contributed by atoms with E-state index in [4.69, 9.17) is 5.21 Å². The van der Waals surface area contributed by atoms with Crippen LogP contribution in [0.15, 0.2) is 23.4 Å². The smallest absolute Gasteiger partial charge is 0.124 e. The predicted octanol–water partition coefficient (Wildman–Crippen LogP) is 4.74. The third kappa shape index (κ3) is 5.64. The average Bonchev–Trinajstić information content (AvgIpc) is 2.38. The van der Waals surface area contributed by atoms with E-state index in [0.29, 0.717) is 16.7 Å². The van der Waals surface area contributed by atoms with Crippen LogP contribution in [0.1, 0.15) is 64.5 Å². The van der Waals surface area contributed by atoms with Crippen LogP contribution in [0, 0.1) is 5.41 Å². The summed E-state index contributed by atoms with van der Waals surface area (Å²) in [4.78, 5) is 0. The molecule has 0 aliphatic carbocycles. The summed E-state index contributed by atoms with van der Waals surface area (Å²) in [7, 11) is 0. The number of oxime groups is 1. The van der Waals surface area contributed by atoms with Crippen LogP contribution in [0.25, 0.3) is 0 Å². The largest absolute Gasteiger partial charge is 0.507 e. The maximum Gasteiger partial charge on any atom is 0.124 e. The summed E-state index contributed by atoms with van der Waals surface area (Å²) in [6, 6.07) is 5.52. The van der Waals surface area contributed by atoms with Gasteiger partial charge in [-0.05, 0) is 49.3 Å². The number of aryl methyl sites for hydroxylation is 1. The van der Waals surface area contributed by atoms with Gasteiger partial charge in [-0.25, -0.2) is 0 Å². The number of unbranched alkanes of at least 4 members (excludes halogenated alkanes) is 2. The Labute approximate surface area is 122 Å². The zero-order valence-electron chi connectivity index (χ0n) is 13.1. The Morgan fingerprint density at radius 3 is 2.45 bits per heavy atom. The average molecular weight is 277 g/mol. The summed E-state index contributed by atoms with van der Waals surface area (Å²) < 4.78 is 0. The van der Waals surface area contributed by atoms with Crippen LogP contribution < -0.4 is 0 Å². The van der Waals surface area contributed by atoms with Crippen molar-refractivity contribution in [3.05, 3.63) is 29.3 Å². The minimum Gasteiger partial charge on any atom is -0.507 e. The van der Waals surface area contributed by atoms with Crippen molar-refractivity contribution in [3.8, 4) is 5.75 Å². The zero-order chi connectivity index (χ0) is 15.2. The molecule has 0 saturated carbocycles. The fourth-order valence-electron chi connectivity index (χ4n) is 2.24. The molecule has 3 nitrogen and oxygen atoms in total. The molecule has 1 rings (SSSR count). The molecule has 0 spiro atoms. The van der Waals surface area contributed by atoms with E-state index in [0.717, 1.165) is 12.8 Å². The summed E-state index contributed by atoms with van der Waals surface area (Å²) in [6.45, 7) is 8.50. The molecule has 112 valence electrons. The molecule has 0 bridgehead atoms. The van der Waals surface area contributed by atoms with E-state index < -0.39 is 0 Å². The molecule has 1 aromatic carbocycles. The lowest BCUT2D eigenvalue weighted by molar-refractivity contribution is 0.318. The monoisotopic (exact) mass is 277 g/mol. The van der Waals surface area contributed by atoms with Crippen LogP contribution >= 0.6 is 0 Å². The highest BCUT2D eigenvalue weighted by atomic mass is 16.4. The number of benzene rings is 1. The van der Waals surface area contributed by atoms with Gasteiger partial charge in [0.2, 0.25) is 0 Å². The van der Waals surface area contributed by atoms with E-state index in [1.165, 1.54) is 24.8 Å². The summed E-state index contributed by atoms with van der Waals surface area (Å²) in [5, 5.41) is 21.7. The molecule has 20 heavy (non-hydrogen) atoms. The van der Waals surface area contributed by atoms with Gasteiger partial charge in [-0.3, -0.25) is 0 Å². The van der Waals surface area contributed by atoms with Crippen LogP contribution in [-0.4, -0.2) is 16.0 Å². The fraction of sp³-hybridized carbons (Fsp3) is 0.588. The van der Waals surface area contributed by atoms with Crippen molar-refractivity contribution < 1.29 is 10.3 Å². The second kappa shape index (κ2) is 7.32. The first-order valence-electron chi connectivity index (χ1n) is 7.34. The van der Waals surface area contributed by atoms with Gasteiger partial charge in [-0.1, -0.05) is 44.8 Å². The summed E-state index contributed by atoms with van der Waals surface area (Å²) >= 11 is 0. The highest BCUT2D eigenvalue weighted by Crippen LogP contribution is 2.23. The number of hydrogen-bond acceptors (Lipinski definition) is 3. The first-order valence-corrected chi connectivity index (χ1v) is 7.34. The van der Waals surface area contributed by atoms with Gasteiger partial charge in [0.25, 0.3) is 0 Å². The van der Waals surface area contributed by atoms with E-state index >= 15 is 0 Å². The highest BCUT2D eigenvalue weighted by molar-refractivity contribution is 6.00. The normalized spacial score (nSPS) is 12.7. The molecule has 2 N–H and O–H groups in total. The number of nitrogens with zero attached hydrogens (tertiary/aromatic N) is 1. The number of rotatable bonds is 6. The van der Waals surface area contributed by atoms with Crippen molar-refractivity contribution in [1.29, 1.82) is 0 Å². The molecule has 0 aliphatic heterocycles. The van der Waals surface area contributed by atoms with E-state index in [9.17, 15) is 5.11 Å². The minimum atomic E-state index is 0.164. The Balaban J connectivity index is 2.49. The Morgan fingerprint density at radius 2 is 1.85 bits per heavy atom. The molecule has 0 aliphatic rings. The van der Waals surface area contributed by atoms with Gasteiger partial charge in [0.05, 0.1) is 5.71 Å². The topological polar surface area (TPSA) is 52.8 Å². The van der Waals surface area contributed by atoms with E-state index in [-0.39, 0.29) is 5.75 Å². The van der Waals surface area contributed by atoms with E-state index in [2.05, 4.69) is 25.9 Å². The molecule has 0 saturated heterocycles. The first kappa shape index (κ1) is 16.5. The zero-order valence-corrected chi connectivity index (χ0v) is 13.1. The molecule has 3 heteroatoms. The second-order valence-corrected chi connectivity index (χ2v) is 6.66. The number of phenols is 1. The molecule has 0 atom stereocenters. The van der Waals surface area contributed by atoms with Crippen molar-refractivity contribution >= 4 is 5.71 Å². The maximum absolute atomic E-state index is 9.74. The Hall–Kier alpha value is -1.51. The Kier molecular flexibility index (Phi) is 6.05. The van der Waals surface area contributed by atoms with Gasteiger partial charge in [0, 0.05) is 5.56 Å². The molecule has 0 amide bonds. The summed E-state index contributed by atoms with van der Waals surface area (Å²) in [5.74, 6) is 0.164. The summed E-state index contributed by atoms with van der Waals surface area (Å²) in [6.07, 6.45) is 5.88. The Bertz CT molecular complexity index is 459. The van der Waals surface area contributed by atoms with Gasteiger partial charge in [0.15, 0.2) is 0 Å². The minimum absolute atomic E-state index is 0.164. The van der Waals surface area contributed by atoms with Crippen LogP contribution in [0.5, 0.6) is 5.75 Å². The van der Waals surface area contributed by atoms with Crippen LogP contribution in [0.3, 0.4) is 0 Å². The van der Waals surface area contributed by atoms with Crippen molar-refractivity contribution in [2.45, 2.75) is 59.8 Å². The molecular formula is C17H27NO2. The quantitative estimate of drug-likeness (QED) is 0.341. The molecule has 0 aromatic heterocycles. The van der Waals surface area contributed by atoms with Crippen LogP contribution in [0.4, 0.5) is 0 Å². The van der Waals surface area contributed by atoms with Crippen molar-refractivity contribution in [2.24, 2.45) is 10.6 Å². The van der Waals surface area contributed by atoms with Crippen LogP contribution in [-0.2, 0) is 6.42 Å². The van der Waals surface area contributed by atoms with Gasteiger partial charge >= 0.3 is 0 Å². The lowest BCUT2D eigenvalue weighted by Gasteiger charge is -2.17. The summed E-state index contributed by atoms with van der Waals surface area (Å²) in [5.41, 5.74) is 2.65. The van der Waals surface area contributed by atoms with Gasteiger partial charge in [-0.2, -0.15) is 0 Å². The third-order valence-electron chi connectivity index (χ3n) is 3.49. The molecule has 1 aromatic rings. The van der Waals surface area contributed by atoms with Crippen molar-refractivity contribution in [2.75, 3.05) is 0 Å². The van der Waals surface area contributed by atoms with Gasteiger partial charge in [-0.15, -0.1) is 0 Å². The molecule has 0 fully saturated rings. The SMILES string of the molecule is CC(=NO)c1cc(CCCCCC(C)(C)C)ccc1O. The predicted molar refractivity (Wildman–Crippen MR) is 83.7 cm³/mol. The number of hydrogen-bond donors (Lipinski definition) is 2. The number of aromatic hydroxyl groups is 1. The lowest BCUT2D eigenvalue weighted by atomic mass is 9.89. The van der Waals surface area contributed by atoms with Crippen molar-refractivity contribution in [1.82, 2.24) is 0 Å². The molecular weight excluding hydrogens is 250 g/mol. The molecule has 0 heterocycles. The Morgan fingerprint density at radius 1 is 1.15 bits per heavy atom. The van der Waals surface area contributed by atoms with Crippen LogP contribution in [0.2, 0.25) is 0 Å². The van der Waals surface area contributed by atoms with E-state index in [1.807, 2.05) is 12.1 Å². The highest BCUT2D eigenvalue weighted by Gasteiger charge is 2.09. The second-order valence-electron chi connectivity index (χ2n) is 6.66. The fourth-order valence-corrected chi connectivity index (χ4v) is 2.24. The molecule has 0 unspecified atom stereocenters.